The van der Waals surface area contributed by atoms with Crippen molar-refractivity contribution in [3.8, 4) is 5.75 Å². The van der Waals surface area contributed by atoms with E-state index in [2.05, 4.69) is 5.32 Å². The fourth-order valence-electron chi connectivity index (χ4n) is 1.62. The average molecular weight is 191 g/mol. The van der Waals surface area contributed by atoms with Crippen molar-refractivity contribution in [3.63, 3.8) is 0 Å². The summed E-state index contributed by atoms with van der Waals surface area (Å²) in [5, 5.41) is 12.9. The largest absolute Gasteiger partial charge is 0.497 e. The van der Waals surface area contributed by atoms with Gasteiger partial charge in [-0.25, -0.2) is 0 Å². The third-order valence-electron chi connectivity index (χ3n) is 2.41. The summed E-state index contributed by atoms with van der Waals surface area (Å²) in [6.45, 7) is 1.72. The van der Waals surface area contributed by atoms with Gasteiger partial charge < -0.3 is 15.2 Å². The van der Waals surface area contributed by atoms with E-state index in [9.17, 15) is 5.11 Å². The lowest BCUT2D eigenvalue weighted by Crippen LogP contribution is -2.38. The van der Waals surface area contributed by atoms with E-state index < -0.39 is 5.72 Å². The van der Waals surface area contributed by atoms with Crippen LogP contribution < -0.4 is 10.1 Å². The topological polar surface area (TPSA) is 41.5 Å². The molecule has 0 amide bonds. The summed E-state index contributed by atoms with van der Waals surface area (Å²) in [5.74, 6) is 0.797. The van der Waals surface area contributed by atoms with E-state index in [-0.39, 0.29) is 0 Å². The van der Waals surface area contributed by atoms with Crippen LogP contribution in [0.1, 0.15) is 18.1 Å². The number of aliphatic hydroxyl groups is 1. The van der Waals surface area contributed by atoms with Gasteiger partial charge in [0, 0.05) is 5.56 Å². The van der Waals surface area contributed by atoms with Crippen molar-refractivity contribution >= 4 is 6.08 Å². The molecular weight excluding hydrogens is 178 g/mol. The monoisotopic (exact) mass is 191 g/mol. The Balaban J connectivity index is 2.53. The average Bonchev–Trinajstić information content (AvgIpc) is 2.16. The van der Waals surface area contributed by atoms with Gasteiger partial charge in [0.1, 0.15) is 5.75 Å². The highest BCUT2D eigenvalue weighted by Crippen LogP contribution is 2.29. The molecular formula is C11H13NO2. The predicted octanol–water partition coefficient (Wildman–Crippen LogP) is 1.43. The Morgan fingerprint density at radius 3 is 2.93 bits per heavy atom. The maximum absolute atomic E-state index is 9.99. The van der Waals surface area contributed by atoms with Gasteiger partial charge >= 0.3 is 0 Å². The molecule has 0 unspecified atom stereocenters. The molecule has 1 heterocycles. The van der Waals surface area contributed by atoms with Crippen LogP contribution >= 0.6 is 0 Å². The molecule has 3 nitrogen and oxygen atoms in total. The van der Waals surface area contributed by atoms with Gasteiger partial charge in [0.15, 0.2) is 5.72 Å². The van der Waals surface area contributed by atoms with Crippen LogP contribution in [0.25, 0.3) is 6.08 Å². The van der Waals surface area contributed by atoms with Crippen LogP contribution in [0, 0.1) is 0 Å². The standard InChI is InChI=1S/C11H13NO2/c1-11(13)10-4-3-9(14-2)7-8(10)5-6-12-11/h3-7,12-13H,1-2H3/t11-/m0/s1. The molecule has 0 spiro atoms. The smallest absolute Gasteiger partial charge is 0.159 e. The van der Waals surface area contributed by atoms with Crippen molar-refractivity contribution < 1.29 is 9.84 Å². The Morgan fingerprint density at radius 1 is 1.43 bits per heavy atom. The molecule has 0 aromatic heterocycles. The highest BCUT2D eigenvalue weighted by molar-refractivity contribution is 5.59. The summed E-state index contributed by atoms with van der Waals surface area (Å²) in [6, 6.07) is 5.61. The zero-order valence-electron chi connectivity index (χ0n) is 8.24. The van der Waals surface area contributed by atoms with E-state index in [4.69, 9.17) is 4.74 Å². The van der Waals surface area contributed by atoms with Gasteiger partial charge in [0.2, 0.25) is 0 Å². The van der Waals surface area contributed by atoms with E-state index in [1.807, 2.05) is 24.3 Å². The van der Waals surface area contributed by atoms with Crippen LogP contribution in [0.2, 0.25) is 0 Å². The lowest BCUT2D eigenvalue weighted by molar-refractivity contribution is 0.0331. The molecule has 0 radical (unpaired) electrons. The zero-order chi connectivity index (χ0) is 10.2. The van der Waals surface area contributed by atoms with Crippen LogP contribution in [0.3, 0.4) is 0 Å². The third-order valence-corrected chi connectivity index (χ3v) is 2.41. The first-order chi connectivity index (χ1) is 6.63. The number of rotatable bonds is 1. The van der Waals surface area contributed by atoms with Crippen molar-refractivity contribution in [1.82, 2.24) is 5.32 Å². The molecule has 0 bridgehead atoms. The van der Waals surface area contributed by atoms with Crippen molar-refractivity contribution in [1.29, 1.82) is 0 Å². The summed E-state index contributed by atoms with van der Waals surface area (Å²) in [4.78, 5) is 0. The molecule has 0 saturated heterocycles. The molecule has 1 aliphatic heterocycles. The molecule has 1 aliphatic rings. The number of hydrogen-bond acceptors (Lipinski definition) is 3. The van der Waals surface area contributed by atoms with Crippen molar-refractivity contribution in [2.24, 2.45) is 0 Å². The maximum atomic E-state index is 9.99. The summed E-state index contributed by atoms with van der Waals surface area (Å²) in [7, 11) is 1.63. The van der Waals surface area contributed by atoms with Gasteiger partial charge in [-0.2, -0.15) is 0 Å². The number of nitrogens with one attached hydrogen (secondary N) is 1. The summed E-state index contributed by atoms with van der Waals surface area (Å²) in [6.07, 6.45) is 3.65. The van der Waals surface area contributed by atoms with E-state index >= 15 is 0 Å². The molecule has 1 aromatic rings. The third kappa shape index (κ3) is 1.36. The zero-order valence-corrected chi connectivity index (χ0v) is 8.24. The Bertz CT molecular complexity index is 383. The fraction of sp³-hybridized carbons (Fsp3) is 0.273. The lowest BCUT2D eigenvalue weighted by atomic mass is 9.95. The Labute approximate surface area is 83.0 Å². The Morgan fingerprint density at radius 2 is 2.21 bits per heavy atom. The van der Waals surface area contributed by atoms with E-state index in [1.165, 1.54) is 0 Å². The SMILES string of the molecule is COc1ccc2c(c1)C=CN[C@@]2(C)O. The molecule has 3 heteroatoms. The van der Waals surface area contributed by atoms with Gasteiger partial charge in [0.05, 0.1) is 7.11 Å². The molecule has 14 heavy (non-hydrogen) atoms. The summed E-state index contributed by atoms with van der Waals surface area (Å²) < 4.78 is 5.11. The second-order valence-corrected chi connectivity index (χ2v) is 3.50. The molecule has 0 saturated carbocycles. The van der Waals surface area contributed by atoms with Crippen LogP contribution in [0.5, 0.6) is 5.75 Å². The van der Waals surface area contributed by atoms with Crippen LogP contribution in [-0.2, 0) is 5.72 Å². The molecule has 0 aliphatic carbocycles. The van der Waals surface area contributed by atoms with Gasteiger partial charge in [-0.05, 0) is 43.0 Å². The summed E-state index contributed by atoms with van der Waals surface area (Å²) in [5.41, 5.74) is 0.852. The molecule has 2 rings (SSSR count). The van der Waals surface area contributed by atoms with Crippen molar-refractivity contribution in [3.05, 3.63) is 35.5 Å². The number of benzene rings is 1. The molecule has 2 N–H and O–H groups in total. The normalized spacial score (nSPS) is 23.9. The van der Waals surface area contributed by atoms with Crippen LogP contribution in [0.4, 0.5) is 0 Å². The molecule has 74 valence electrons. The minimum atomic E-state index is -0.990. The molecule has 1 atom stereocenters. The van der Waals surface area contributed by atoms with Crippen molar-refractivity contribution in [2.45, 2.75) is 12.6 Å². The van der Waals surface area contributed by atoms with Crippen molar-refractivity contribution in [2.75, 3.05) is 7.11 Å². The van der Waals surface area contributed by atoms with Crippen LogP contribution in [0.15, 0.2) is 24.4 Å². The number of methoxy groups -OCH3 is 1. The quantitative estimate of drug-likeness (QED) is 0.705. The second-order valence-electron chi connectivity index (χ2n) is 3.50. The first-order valence-corrected chi connectivity index (χ1v) is 4.48. The van der Waals surface area contributed by atoms with E-state index in [1.54, 1.807) is 20.2 Å². The van der Waals surface area contributed by atoms with E-state index in [0.29, 0.717) is 0 Å². The van der Waals surface area contributed by atoms with E-state index in [0.717, 1.165) is 16.9 Å². The van der Waals surface area contributed by atoms with Gasteiger partial charge in [-0.1, -0.05) is 0 Å². The Kier molecular flexibility index (Phi) is 1.97. The number of ether oxygens (including phenoxy) is 1. The first-order valence-electron chi connectivity index (χ1n) is 4.48. The number of hydrogen-bond donors (Lipinski definition) is 2. The first kappa shape index (κ1) is 9.09. The number of fused-ring (bicyclic) bond motifs is 1. The highest BCUT2D eigenvalue weighted by atomic mass is 16.5. The van der Waals surface area contributed by atoms with Gasteiger partial charge in [-0.15, -0.1) is 0 Å². The highest BCUT2D eigenvalue weighted by Gasteiger charge is 2.26. The minimum Gasteiger partial charge on any atom is -0.497 e. The molecule has 0 fully saturated rings. The maximum Gasteiger partial charge on any atom is 0.159 e. The Hall–Kier alpha value is -1.48. The van der Waals surface area contributed by atoms with Gasteiger partial charge in [0.25, 0.3) is 0 Å². The molecule has 1 aromatic carbocycles. The fourth-order valence-corrected chi connectivity index (χ4v) is 1.62. The minimum absolute atomic E-state index is 0.797. The summed E-state index contributed by atoms with van der Waals surface area (Å²) >= 11 is 0. The second kappa shape index (κ2) is 3.03. The lowest BCUT2D eigenvalue weighted by Gasteiger charge is -2.29. The van der Waals surface area contributed by atoms with Crippen LogP contribution in [-0.4, -0.2) is 12.2 Å². The predicted molar refractivity (Wildman–Crippen MR) is 54.7 cm³/mol. The van der Waals surface area contributed by atoms with Gasteiger partial charge in [-0.3, -0.25) is 0 Å².